The molecule has 3 N–H and O–H groups in total. The lowest BCUT2D eigenvalue weighted by Gasteiger charge is -2.20. The quantitative estimate of drug-likeness (QED) is 0.464. The van der Waals surface area contributed by atoms with Crippen LogP contribution in [0.2, 0.25) is 0 Å². The van der Waals surface area contributed by atoms with E-state index in [2.05, 4.69) is 5.32 Å². The fraction of sp³-hybridized carbons (Fsp3) is 0.0667. The molecule has 0 aliphatic heterocycles. The molecule has 2 aromatic rings. The molecule has 5 heteroatoms. The van der Waals surface area contributed by atoms with E-state index in [1.807, 2.05) is 0 Å². The van der Waals surface area contributed by atoms with Crippen LogP contribution >= 0.6 is 0 Å². The molecule has 0 unspecified atom stereocenters. The summed E-state index contributed by atoms with van der Waals surface area (Å²) < 4.78 is 0. The number of phenols is 2. The van der Waals surface area contributed by atoms with E-state index in [1.54, 1.807) is 19.2 Å². The van der Waals surface area contributed by atoms with Gasteiger partial charge in [0.1, 0.15) is 5.75 Å². The molecule has 1 aliphatic carbocycles. The van der Waals surface area contributed by atoms with Gasteiger partial charge < -0.3 is 15.5 Å². The zero-order chi connectivity index (χ0) is 14.4. The van der Waals surface area contributed by atoms with Crippen LogP contribution in [0, 0.1) is 0 Å². The minimum absolute atomic E-state index is 0.148. The second-order valence-corrected chi connectivity index (χ2v) is 4.50. The molecule has 5 nitrogen and oxygen atoms in total. The van der Waals surface area contributed by atoms with E-state index in [9.17, 15) is 19.8 Å². The monoisotopic (exact) mass is 269 g/mol. The van der Waals surface area contributed by atoms with Crippen molar-refractivity contribution < 1.29 is 19.8 Å². The number of carbonyl (C=O) groups excluding carboxylic acids is 2. The number of nitrogens with one attached hydrogen (secondary N) is 1. The van der Waals surface area contributed by atoms with Gasteiger partial charge in [-0.2, -0.15) is 0 Å². The number of fused-ring (bicyclic) bond motifs is 2. The molecule has 100 valence electrons. The third kappa shape index (κ3) is 1.43. The van der Waals surface area contributed by atoms with Crippen LogP contribution in [0.25, 0.3) is 0 Å². The number of phenolic OH excluding ortho intramolecular Hbond substituents is 2. The molecular weight excluding hydrogens is 258 g/mol. The first kappa shape index (κ1) is 12.2. The normalized spacial score (nSPS) is 12.8. The van der Waals surface area contributed by atoms with Gasteiger partial charge >= 0.3 is 0 Å². The van der Waals surface area contributed by atoms with E-state index in [1.165, 1.54) is 18.2 Å². The maximum absolute atomic E-state index is 12.4. The lowest BCUT2D eigenvalue weighted by Crippen LogP contribution is -2.21. The Morgan fingerprint density at radius 3 is 2.05 bits per heavy atom. The van der Waals surface area contributed by atoms with Crippen LogP contribution in [0.5, 0.6) is 11.5 Å². The summed E-state index contributed by atoms with van der Waals surface area (Å²) in [6.45, 7) is 0. The Morgan fingerprint density at radius 2 is 1.50 bits per heavy atom. The third-order valence-corrected chi connectivity index (χ3v) is 3.42. The summed E-state index contributed by atoms with van der Waals surface area (Å²) in [6, 6.07) is 7.58. The Morgan fingerprint density at radius 1 is 0.950 bits per heavy atom. The molecule has 0 bridgehead atoms. The predicted molar refractivity (Wildman–Crippen MR) is 72.6 cm³/mol. The Labute approximate surface area is 114 Å². The molecular formula is C15H11NO4. The number of anilines is 1. The summed E-state index contributed by atoms with van der Waals surface area (Å²) in [6.07, 6.45) is 0. The number of hydrogen-bond donors (Lipinski definition) is 3. The van der Waals surface area contributed by atoms with Gasteiger partial charge in [-0.3, -0.25) is 9.59 Å². The number of aromatic hydroxyl groups is 2. The van der Waals surface area contributed by atoms with Crippen LogP contribution in [0.3, 0.4) is 0 Å². The van der Waals surface area contributed by atoms with Gasteiger partial charge in [-0.1, -0.05) is 24.3 Å². The molecule has 0 atom stereocenters. The summed E-state index contributed by atoms with van der Waals surface area (Å²) in [7, 11) is 1.55. The largest absolute Gasteiger partial charge is 0.507 e. The molecule has 3 rings (SSSR count). The molecule has 0 saturated heterocycles. The zero-order valence-corrected chi connectivity index (χ0v) is 10.6. The summed E-state index contributed by atoms with van der Waals surface area (Å²) in [4.78, 5) is 24.8. The van der Waals surface area contributed by atoms with Crippen molar-refractivity contribution in [2.24, 2.45) is 0 Å². The highest BCUT2D eigenvalue weighted by atomic mass is 16.3. The van der Waals surface area contributed by atoms with E-state index in [4.69, 9.17) is 0 Å². The fourth-order valence-corrected chi connectivity index (χ4v) is 2.45. The number of ketones is 2. The average Bonchev–Trinajstić information content (AvgIpc) is 2.46. The van der Waals surface area contributed by atoms with Gasteiger partial charge in [-0.05, 0) is 0 Å². The van der Waals surface area contributed by atoms with Gasteiger partial charge in [-0.25, -0.2) is 0 Å². The molecule has 0 heterocycles. The van der Waals surface area contributed by atoms with Crippen molar-refractivity contribution in [2.75, 3.05) is 12.4 Å². The lowest BCUT2D eigenvalue weighted by atomic mass is 9.83. The highest BCUT2D eigenvalue weighted by molar-refractivity contribution is 6.30. The Balaban J connectivity index is 2.39. The Bertz CT molecular complexity index is 765. The van der Waals surface area contributed by atoms with Crippen molar-refractivity contribution in [1.82, 2.24) is 0 Å². The highest BCUT2D eigenvalue weighted by Gasteiger charge is 2.35. The minimum atomic E-state index is -0.472. The van der Waals surface area contributed by atoms with Crippen LogP contribution < -0.4 is 5.32 Å². The fourth-order valence-electron chi connectivity index (χ4n) is 2.45. The summed E-state index contributed by atoms with van der Waals surface area (Å²) in [5.41, 5.74) is 0.356. The van der Waals surface area contributed by atoms with Gasteiger partial charge in [-0.15, -0.1) is 0 Å². The lowest BCUT2D eigenvalue weighted by molar-refractivity contribution is 0.0974. The van der Waals surface area contributed by atoms with Gasteiger partial charge in [0.05, 0.1) is 16.8 Å². The SMILES string of the molecule is CNc1cc(O)c2c(c1O)C(=O)c1ccccc1C2=O. The van der Waals surface area contributed by atoms with Crippen molar-refractivity contribution >= 4 is 17.3 Å². The summed E-state index contributed by atoms with van der Waals surface area (Å²) >= 11 is 0. The molecule has 1 aliphatic rings. The summed E-state index contributed by atoms with van der Waals surface area (Å²) in [5, 5.41) is 22.8. The molecule has 0 radical (unpaired) electrons. The van der Waals surface area contributed by atoms with Crippen molar-refractivity contribution in [3.05, 3.63) is 52.6 Å². The number of benzene rings is 2. The molecule has 0 amide bonds. The molecule has 0 aromatic heterocycles. The van der Waals surface area contributed by atoms with Gasteiger partial charge in [0.2, 0.25) is 0 Å². The van der Waals surface area contributed by atoms with Crippen molar-refractivity contribution in [1.29, 1.82) is 0 Å². The third-order valence-electron chi connectivity index (χ3n) is 3.42. The van der Waals surface area contributed by atoms with Gasteiger partial charge in [0, 0.05) is 24.2 Å². The Hall–Kier alpha value is -2.82. The highest BCUT2D eigenvalue weighted by Crippen LogP contribution is 2.41. The van der Waals surface area contributed by atoms with Crippen molar-refractivity contribution in [3.8, 4) is 11.5 Å². The van der Waals surface area contributed by atoms with Crippen LogP contribution in [0.4, 0.5) is 5.69 Å². The van der Waals surface area contributed by atoms with E-state index in [0.717, 1.165) is 0 Å². The molecule has 0 fully saturated rings. The summed E-state index contributed by atoms with van der Waals surface area (Å²) in [5.74, 6) is -1.59. The van der Waals surface area contributed by atoms with Crippen LogP contribution in [0.15, 0.2) is 30.3 Å². The number of hydrogen-bond acceptors (Lipinski definition) is 5. The molecule has 0 saturated carbocycles. The second-order valence-electron chi connectivity index (χ2n) is 4.50. The molecule has 2 aromatic carbocycles. The van der Waals surface area contributed by atoms with Gasteiger partial charge in [0.25, 0.3) is 0 Å². The number of rotatable bonds is 1. The van der Waals surface area contributed by atoms with Crippen molar-refractivity contribution in [3.63, 3.8) is 0 Å². The average molecular weight is 269 g/mol. The standard InChI is InChI=1S/C15H11NO4/c1-16-9-6-10(17)11-12(15(9)20)14(19)8-5-3-2-4-7(8)13(11)18/h2-6,16-17,20H,1H3. The predicted octanol–water partition coefficient (Wildman–Crippen LogP) is 1.91. The maximum Gasteiger partial charge on any atom is 0.198 e. The van der Waals surface area contributed by atoms with Crippen molar-refractivity contribution in [2.45, 2.75) is 0 Å². The van der Waals surface area contributed by atoms with Crippen LogP contribution in [-0.4, -0.2) is 28.8 Å². The Kier molecular flexibility index (Phi) is 2.50. The smallest absolute Gasteiger partial charge is 0.198 e. The first-order valence-corrected chi connectivity index (χ1v) is 6.01. The first-order valence-electron chi connectivity index (χ1n) is 6.01. The van der Waals surface area contributed by atoms with E-state index in [-0.39, 0.29) is 39.4 Å². The van der Waals surface area contributed by atoms with E-state index >= 15 is 0 Å². The maximum atomic E-state index is 12.4. The topological polar surface area (TPSA) is 86.6 Å². The van der Waals surface area contributed by atoms with Crippen LogP contribution in [-0.2, 0) is 0 Å². The zero-order valence-electron chi connectivity index (χ0n) is 10.6. The van der Waals surface area contributed by atoms with Crippen LogP contribution in [0.1, 0.15) is 31.8 Å². The minimum Gasteiger partial charge on any atom is -0.507 e. The molecule has 20 heavy (non-hydrogen) atoms. The number of carbonyl (C=O) groups is 2. The van der Waals surface area contributed by atoms with Gasteiger partial charge in [0.15, 0.2) is 17.3 Å². The first-order chi connectivity index (χ1) is 9.56. The molecule has 0 spiro atoms. The second kappa shape index (κ2) is 4.09. The van der Waals surface area contributed by atoms with E-state index < -0.39 is 11.6 Å². The van der Waals surface area contributed by atoms with E-state index in [0.29, 0.717) is 0 Å².